The van der Waals surface area contributed by atoms with Gasteiger partial charge in [-0.05, 0) is 38.8 Å². The van der Waals surface area contributed by atoms with Crippen LogP contribution in [0.2, 0.25) is 0 Å². The van der Waals surface area contributed by atoms with E-state index in [0.29, 0.717) is 11.2 Å². The topological polar surface area (TPSA) is 80.3 Å². The van der Waals surface area contributed by atoms with Crippen LogP contribution in [-0.2, 0) is 9.53 Å². The Kier molecular flexibility index (Phi) is 6.18. The summed E-state index contributed by atoms with van der Waals surface area (Å²) in [6, 6.07) is 8.67. The third-order valence-electron chi connectivity index (χ3n) is 4.06. The second-order valence-electron chi connectivity index (χ2n) is 7.38. The van der Waals surface area contributed by atoms with Crippen molar-refractivity contribution in [2.45, 2.75) is 52.7 Å². The van der Waals surface area contributed by atoms with Crippen LogP contribution < -0.4 is 10.6 Å². The average molecular weight is 357 g/mol. The number of benzene rings is 1. The van der Waals surface area contributed by atoms with Crippen LogP contribution in [0.1, 0.15) is 41.0 Å². The third-order valence-corrected chi connectivity index (χ3v) is 4.06. The Balaban J connectivity index is 2.19. The van der Waals surface area contributed by atoms with Gasteiger partial charge in [-0.15, -0.1) is 0 Å². The number of carbonyl (C=O) groups is 2. The summed E-state index contributed by atoms with van der Waals surface area (Å²) in [6.45, 7) is 9.25. The first-order chi connectivity index (χ1) is 12.2. The molecule has 26 heavy (non-hydrogen) atoms. The lowest BCUT2D eigenvalue weighted by molar-refractivity contribution is -0.119. The molecule has 0 bridgehead atoms. The fourth-order valence-corrected chi connectivity index (χ4v) is 2.55. The van der Waals surface area contributed by atoms with Crippen molar-refractivity contribution >= 4 is 28.6 Å². The van der Waals surface area contributed by atoms with Gasteiger partial charge in [-0.25, -0.2) is 4.79 Å². The molecule has 140 valence electrons. The SMILES string of the molecule is CC[C@H](C)[C@H](NC(=O)OC(C)(C)C)C(=O)Nc1cccc2cccnc12. The van der Waals surface area contributed by atoms with Gasteiger partial charge in [0.05, 0.1) is 11.2 Å². The molecule has 0 aliphatic heterocycles. The normalized spacial score (nSPS) is 13.7. The van der Waals surface area contributed by atoms with Gasteiger partial charge in [0, 0.05) is 11.6 Å². The monoisotopic (exact) mass is 357 g/mol. The molecular weight excluding hydrogens is 330 g/mol. The summed E-state index contributed by atoms with van der Waals surface area (Å²) >= 11 is 0. The first-order valence-electron chi connectivity index (χ1n) is 8.85. The number of anilines is 1. The molecule has 0 aliphatic carbocycles. The van der Waals surface area contributed by atoms with E-state index < -0.39 is 17.7 Å². The lowest BCUT2D eigenvalue weighted by atomic mass is 9.98. The summed E-state index contributed by atoms with van der Waals surface area (Å²) < 4.78 is 5.29. The number of hydrogen-bond acceptors (Lipinski definition) is 4. The van der Waals surface area contributed by atoms with E-state index in [9.17, 15) is 9.59 Å². The molecule has 0 radical (unpaired) electrons. The zero-order valence-electron chi connectivity index (χ0n) is 16.0. The van der Waals surface area contributed by atoms with Crippen LogP contribution >= 0.6 is 0 Å². The first kappa shape index (κ1) is 19.7. The summed E-state index contributed by atoms with van der Waals surface area (Å²) in [5.41, 5.74) is 0.705. The molecule has 0 unspecified atom stereocenters. The highest BCUT2D eigenvalue weighted by molar-refractivity contribution is 6.03. The largest absolute Gasteiger partial charge is 0.444 e. The maximum Gasteiger partial charge on any atom is 0.408 e. The number of nitrogens with one attached hydrogen (secondary N) is 2. The smallest absolute Gasteiger partial charge is 0.408 e. The van der Waals surface area contributed by atoms with Crippen molar-refractivity contribution in [1.82, 2.24) is 10.3 Å². The van der Waals surface area contributed by atoms with Crippen LogP contribution in [0.15, 0.2) is 36.5 Å². The van der Waals surface area contributed by atoms with Crippen molar-refractivity contribution in [2.75, 3.05) is 5.32 Å². The standard InChI is InChI=1S/C20H27N3O3/c1-6-13(2)16(23-19(25)26-20(3,4)5)18(24)22-15-11-7-9-14-10-8-12-21-17(14)15/h7-13,16H,6H2,1-5H3,(H,22,24)(H,23,25)/t13-,16-/m0/s1. The molecule has 2 atom stereocenters. The Bertz CT molecular complexity index is 778. The number of nitrogens with zero attached hydrogens (tertiary/aromatic N) is 1. The van der Waals surface area contributed by atoms with E-state index in [2.05, 4.69) is 15.6 Å². The van der Waals surface area contributed by atoms with Gasteiger partial charge >= 0.3 is 6.09 Å². The van der Waals surface area contributed by atoms with Gasteiger partial charge < -0.3 is 15.4 Å². The van der Waals surface area contributed by atoms with E-state index in [1.807, 2.05) is 38.1 Å². The summed E-state index contributed by atoms with van der Waals surface area (Å²) in [6.07, 6.45) is 1.82. The van der Waals surface area contributed by atoms with Gasteiger partial charge in [-0.3, -0.25) is 9.78 Å². The minimum absolute atomic E-state index is 0.0505. The highest BCUT2D eigenvalue weighted by Gasteiger charge is 2.28. The number of fused-ring (bicyclic) bond motifs is 1. The highest BCUT2D eigenvalue weighted by atomic mass is 16.6. The van der Waals surface area contributed by atoms with E-state index in [4.69, 9.17) is 4.74 Å². The fraction of sp³-hybridized carbons (Fsp3) is 0.450. The lowest BCUT2D eigenvalue weighted by Crippen LogP contribution is -2.49. The Hall–Kier alpha value is -2.63. The number of aromatic nitrogens is 1. The Labute approximate surface area is 154 Å². The first-order valence-corrected chi connectivity index (χ1v) is 8.85. The van der Waals surface area contributed by atoms with Crippen LogP contribution in [0.3, 0.4) is 0 Å². The molecule has 6 nitrogen and oxygen atoms in total. The molecule has 2 amide bonds. The van der Waals surface area contributed by atoms with Crippen LogP contribution in [0.5, 0.6) is 0 Å². The van der Waals surface area contributed by atoms with E-state index in [1.165, 1.54) is 0 Å². The average Bonchev–Trinajstić information content (AvgIpc) is 2.57. The number of carbonyl (C=O) groups excluding carboxylic acids is 2. The fourth-order valence-electron chi connectivity index (χ4n) is 2.55. The molecule has 1 heterocycles. The molecule has 6 heteroatoms. The van der Waals surface area contributed by atoms with Gasteiger partial charge in [-0.1, -0.05) is 38.5 Å². The van der Waals surface area contributed by atoms with Gasteiger partial charge in [0.15, 0.2) is 0 Å². The van der Waals surface area contributed by atoms with Crippen LogP contribution in [-0.4, -0.2) is 28.6 Å². The van der Waals surface area contributed by atoms with E-state index in [0.717, 1.165) is 11.8 Å². The number of pyridine rings is 1. The third kappa shape index (κ3) is 5.18. The van der Waals surface area contributed by atoms with Gasteiger partial charge in [0.2, 0.25) is 5.91 Å². The highest BCUT2D eigenvalue weighted by Crippen LogP contribution is 2.21. The maximum atomic E-state index is 12.8. The lowest BCUT2D eigenvalue weighted by Gasteiger charge is -2.26. The summed E-state index contributed by atoms with van der Waals surface area (Å²) in [5, 5.41) is 6.53. The molecule has 0 saturated heterocycles. The summed E-state index contributed by atoms with van der Waals surface area (Å²) in [5.74, 6) is -0.339. The zero-order chi connectivity index (χ0) is 19.3. The Morgan fingerprint density at radius 1 is 1.19 bits per heavy atom. The van der Waals surface area contributed by atoms with Crippen LogP contribution in [0.4, 0.5) is 10.5 Å². The van der Waals surface area contributed by atoms with Gasteiger partial charge in [-0.2, -0.15) is 0 Å². The molecule has 0 fully saturated rings. The molecule has 2 aromatic rings. The number of amides is 2. The van der Waals surface area contributed by atoms with Crippen molar-refractivity contribution in [1.29, 1.82) is 0 Å². The van der Waals surface area contributed by atoms with E-state index >= 15 is 0 Å². The minimum Gasteiger partial charge on any atom is -0.444 e. The second kappa shape index (κ2) is 8.17. The number of rotatable bonds is 5. The summed E-state index contributed by atoms with van der Waals surface area (Å²) in [4.78, 5) is 29.3. The molecular formula is C20H27N3O3. The van der Waals surface area contributed by atoms with Crippen LogP contribution in [0.25, 0.3) is 10.9 Å². The molecule has 2 rings (SSSR count). The van der Waals surface area contributed by atoms with Crippen molar-refractivity contribution < 1.29 is 14.3 Å². The molecule has 1 aromatic carbocycles. The van der Waals surface area contributed by atoms with E-state index in [-0.39, 0.29) is 11.8 Å². The predicted octanol–water partition coefficient (Wildman–Crippen LogP) is 4.11. The zero-order valence-corrected chi connectivity index (χ0v) is 16.0. The minimum atomic E-state index is -0.700. The molecule has 0 spiro atoms. The molecule has 2 N–H and O–H groups in total. The number of ether oxygens (including phenoxy) is 1. The number of hydrogen-bond donors (Lipinski definition) is 2. The van der Waals surface area contributed by atoms with Crippen molar-refractivity contribution in [3.05, 3.63) is 36.5 Å². The van der Waals surface area contributed by atoms with Crippen molar-refractivity contribution in [3.8, 4) is 0 Å². The van der Waals surface area contributed by atoms with Gasteiger partial charge in [0.1, 0.15) is 11.6 Å². The van der Waals surface area contributed by atoms with Crippen molar-refractivity contribution in [2.24, 2.45) is 5.92 Å². The Morgan fingerprint density at radius 3 is 2.54 bits per heavy atom. The summed E-state index contributed by atoms with van der Waals surface area (Å²) in [7, 11) is 0. The number of para-hydroxylation sites is 1. The van der Waals surface area contributed by atoms with Crippen LogP contribution in [0, 0.1) is 5.92 Å². The molecule has 1 aromatic heterocycles. The molecule has 0 aliphatic rings. The second-order valence-corrected chi connectivity index (χ2v) is 7.38. The Morgan fingerprint density at radius 2 is 1.88 bits per heavy atom. The van der Waals surface area contributed by atoms with Crippen molar-refractivity contribution in [3.63, 3.8) is 0 Å². The quantitative estimate of drug-likeness (QED) is 0.844. The van der Waals surface area contributed by atoms with E-state index in [1.54, 1.807) is 33.0 Å². The maximum absolute atomic E-state index is 12.8. The molecule has 0 saturated carbocycles. The van der Waals surface area contributed by atoms with Gasteiger partial charge in [0.25, 0.3) is 0 Å². The predicted molar refractivity (Wildman–Crippen MR) is 103 cm³/mol. The number of alkyl carbamates (subject to hydrolysis) is 1.